The van der Waals surface area contributed by atoms with Gasteiger partial charge in [0.1, 0.15) is 0 Å². The highest BCUT2D eigenvalue weighted by Gasteiger charge is 2.79. The van der Waals surface area contributed by atoms with E-state index in [-0.39, 0.29) is 0 Å². The van der Waals surface area contributed by atoms with Crippen LogP contribution < -0.4 is 5.32 Å². The first-order chi connectivity index (χ1) is 9.67. The smallest absolute Gasteiger partial charge is 0.0277 e. The molecule has 21 heavy (non-hydrogen) atoms. The molecule has 0 aliphatic heterocycles. The van der Waals surface area contributed by atoms with Gasteiger partial charge in [-0.15, -0.1) is 0 Å². The summed E-state index contributed by atoms with van der Waals surface area (Å²) in [6.07, 6.45) is 8.66. The molecule has 0 spiro atoms. The molecule has 0 saturated heterocycles. The van der Waals surface area contributed by atoms with Crippen molar-refractivity contribution in [1.29, 1.82) is 0 Å². The Kier molecular flexibility index (Phi) is 2.69. The van der Waals surface area contributed by atoms with E-state index in [1.807, 2.05) is 0 Å². The Balaban J connectivity index is 1.63. The minimum atomic E-state index is 0.466. The van der Waals surface area contributed by atoms with Gasteiger partial charge in [0.2, 0.25) is 0 Å². The minimum Gasteiger partial charge on any atom is -0.304 e. The summed E-state index contributed by atoms with van der Waals surface area (Å²) >= 11 is 0. The highest BCUT2D eigenvalue weighted by Crippen LogP contribution is 2.75. The van der Waals surface area contributed by atoms with Crippen molar-refractivity contribution in [3.05, 3.63) is 0 Å². The average molecular weight is 290 g/mol. The van der Waals surface area contributed by atoms with Crippen molar-refractivity contribution in [2.75, 3.05) is 0 Å². The van der Waals surface area contributed by atoms with Crippen LogP contribution in [-0.4, -0.2) is 11.1 Å². The fraction of sp³-hybridized carbons (Fsp3) is 1.00. The van der Waals surface area contributed by atoms with E-state index < -0.39 is 0 Å². The zero-order valence-electron chi connectivity index (χ0n) is 15.1. The lowest BCUT2D eigenvalue weighted by molar-refractivity contribution is 0.187. The van der Waals surface area contributed by atoms with Crippen molar-refractivity contribution in [1.82, 2.24) is 5.32 Å². The summed E-state index contributed by atoms with van der Waals surface area (Å²) in [7, 11) is 0. The second kappa shape index (κ2) is 3.89. The van der Waals surface area contributed by atoms with E-state index in [2.05, 4.69) is 46.9 Å². The minimum absolute atomic E-state index is 0.466. The van der Waals surface area contributed by atoms with E-state index >= 15 is 0 Å². The van der Waals surface area contributed by atoms with Crippen LogP contribution in [0.25, 0.3) is 0 Å². The predicted octanol–water partition coefficient (Wildman–Crippen LogP) is 5.01. The average Bonchev–Trinajstić information content (AvgIpc) is 3.03. The molecular weight excluding hydrogens is 254 g/mol. The van der Waals surface area contributed by atoms with Gasteiger partial charge in [0.05, 0.1) is 0 Å². The van der Waals surface area contributed by atoms with Crippen LogP contribution in [0, 0.1) is 34.5 Å². The van der Waals surface area contributed by atoms with Crippen LogP contribution in [0.4, 0.5) is 0 Å². The van der Waals surface area contributed by atoms with Crippen molar-refractivity contribution in [3.63, 3.8) is 0 Å². The second-order valence-corrected chi connectivity index (χ2v) is 10.4. The van der Waals surface area contributed by atoms with E-state index in [4.69, 9.17) is 0 Å². The molecule has 4 fully saturated rings. The zero-order chi connectivity index (χ0) is 15.3. The Labute approximate surface area is 131 Å². The molecular formula is C20H35N. The first-order valence-electron chi connectivity index (χ1n) is 9.47. The maximum absolute atomic E-state index is 4.40. The molecule has 0 aromatic carbocycles. The van der Waals surface area contributed by atoms with Gasteiger partial charge in [-0.2, -0.15) is 0 Å². The molecule has 1 nitrogen and oxygen atoms in total. The summed E-state index contributed by atoms with van der Waals surface area (Å²) < 4.78 is 0. The molecule has 0 aromatic rings. The Morgan fingerprint density at radius 3 is 1.43 bits per heavy atom. The third kappa shape index (κ3) is 1.57. The molecule has 4 rings (SSSR count). The highest BCUT2D eigenvalue weighted by atomic mass is 15.2. The van der Waals surface area contributed by atoms with Crippen LogP contribution in [0.1, 0.15) is 80.1 Å². The van der Waals surface area contributed by atoms with Crippen LogP contribution in [0.3, 0.4) is 0 Å². The lowest BCUT2D eigenvalue weighted by Gasteiger charge is -2.38. The fourth-order valence-electron chi connectivity index (χ4n) is 7.16. The molecule has 4 saturated carbocycles. The standard InChI is InChI=1S/C20H35N/c1-13-7-9-15-17(3,4)19(15,11-13)21-20-12-14(2)8-10-16(20)18(20,5)6/h13-16,21H,7-12H2,1-6H3. The summed E-state index contributed by atoms with van der Waals surface area (Å²) in [6.45, 7) is 15.1. The Morgan fingerprint density at radius 2 is 1.05 bits per heavy atom. The van der Waals surface area contributed by atoms with E-state index in [0.29, 0.717) is 21.9 Å². The van der Waals surface area contributed by atoms with Crippen molar-refractivity contribution in [3.8, 4) is 0 Å². The SMILES string of the molecule is CC1CCC2C(C)(C)C2(NC23CC(C)CCC2C3(C)C)C1. The zero-order valence-corrected chi connectivity index (χ0v) is 15.1. The number of rotatable bonds is 2. The van der Waals surface area contributed by atoms with Crippen LogP contribution in [0.15, 0.2) is 0 Å². The maximum atomic E-state index is 4.40. The monoisotopic (exact) mass is 289 g/mol. The third-order valence-electron chi connectivity index (χ3n) is 8.75. The number of hydrogen-bond acceptors (Lipinski definition) is 1. The first kappa shape index (κ1) is 14.5. The van der Waals surface area contributed by atoms with E-state index in [1.165, 1.54) is 38.5 Å². The molecule has 0 heterocycles. The van der Waals surface area contributed by atoms with Crippen molar-refractivity contribution >= 4 is 0 Å². The van der Waals surface area contributed by atoms with Crippen LogP contribution in [0.2, 0.25) is 0 Å². The topological polar surface area (TPSA) is 12.0 Å². The van der Waals surface area contributed by atoms with Crippen LogP contribution in [-0.2, 0) is 0 Å². The van der Waals surface area contributed by atoms with Gasteiger partial charge in [0.15, 0.2) is 0 Å². The highest BCUT2D eigenvalue weighted by molar-refractivity contribution is 5.34. The van der Waals surface area contributed by atoms with E-state index in [0.717, 1.165) is 23.7 Å². The van der Waals surface area contributed by atoms with Gasteiger partial charge in [-0.3, -0.25) is 0 Å². The van der Waals surface area contributed by atoms with Gasteiger partial charge in [-0.05, 0) is 60.2 Å². The summed E-state index contributed by atoms with van der Waals surface area (Å²) in [5, 5.41) is 4.40. The van der Waals surface area contributed by atoms with Gasteiger partial charge in [-0.1, -0.05) is 54.4 Å². The predicted molar refractivity (Wildman–Crippen MR) is 89.2 cm³/mol. The van der Waals surface area contributed by atoms with Crippen molar-refractivity contribution in [2.24, 2.45) is 34.5 Å². The molecule has 4 aliphatic carbocycles. The molecule has 0 amide bonds. The van der Waals surface area contributed by atoms with Gasteiger partial charge in [-0.25, -0.2) is 0 Å². The molecule has 0 aromatic heterocycles. The van der Waals surface area contributed by atoms with Crippen molar-refractivity contribution < 1.29 is 0 Å². The van der Waals surface area contributed by atoms with Gasteiger partial charge in [0.25, 0.3) is 0 Å². The molecule has 0 bridgehead atoms. The normalized spacial score (nSPS) is 56.3. The lowest BCUT2D eigenvalue weighted by atomic mass is 9.81. The molecule has 4 aliphatic rings. The molecule has 120 valence electrons. The van der Waals surface area contributed by atoms with E-state index in [9.17, 15) is 0 Å². The molecule has 0 radical (unpaired) electrons. The Hall–Kier alpha value is -0.0400. The summed E-state index contributed by atoms with van der Waals surface area (Å²) in [5.41, 5.74) is 1.98. The van der Waals surface area contributed by atoms with Crippen LogP contribution in [0.5, 0.6) is 0 Å². The fourth-order valence-corrected chi connectivity index (χ4v) is 7.16. The van der Waals surface area contributed by atoms with Gasteiger partial charge in [0, 0.05) is 11.1 Å². The quantitative estimate of drug-likeness (QED) is 0.754. The van der Waals surface area contributed by atoms with Crippen molar-refractivity contribution in [2.45, 2.75) is 91.1 Å². The maximum Gasteiger partial charge on any atom is 0.0277 e. The number of fused-ring (bicyclic) bond motifs is 2. The molecule has 1 N–H and O–H groups in total. The number of nitrogens with one attached hydrogen (secondary N) is 1. The lowest BCUT2D eigenvalue weighted by Crippen LogP contribution is -2.51. The molecule has 1 heteroatoms. The third-order valence-corrected chi connectivity index (χ3v) is 8.75. The molecule has 6 atom stereocenters. The summed E-state index contributed by atoms with van der Waals surface area (Å²) in [6, 6.07) is 0. The second-order valence-electron chi connectivity index (χ2n) is 10.4. The Bertz CT molecular complexity index is 422. The van der Waals surface area contributed by atoms with Crippen LogP contribution >= 0.6 is 0 Å². The number of hydrogen-bond donors (Lipinski definition) is 1. The van der Waals surface area contributed by atoms with E-state index in [1.54, 1.807) is 0 Å². The largest absolute Gasteiger partial charge is 0.304 e. The van der Waals surface area contributed by atoms with Gasteiger partial charge < -0.3 is 5.32 Å². The summed E-state index contributed by atoms with van der Waals surface area (Å²) in [4.78, 5) is 0. The molecule has 6 unspecified atom stereocenters. The summed E-state index contributed by atoms with van der Waals surface area (Å²) in [5.74, 6) is 3.69. The Morgan fingerprint density at radius 1 is 0.667 bits per heavy atom. The first-order valence-corrected chi connectivity index (χ1v) is 9.47. The van der Waals surface area contributed by atoms with Gasteiger partial charge >= 0.3 is 0 Å².